The number of nitro groups is 1. The summed E-state index contributed by atoms with van der Waals surface area (Å²) in [6.07, 6.45) is 1.47. The van der Waals surface area contributed by atoms with Crippen LogP contribution in [0, 0.1) is 10.1 Å². The molecule has 0 saturated heterocycles. The minimum Gasteiger partial charge on any atom is -0.258 e. The lowest BCUT2D eigenvalue weighted by atomic mass is 10.1. The minimum atomic E-state index is -1.26. The molecule has 6 heteroatoms. The van der Waals surface area contributed by atoms with Crippen molar-refractivity contribution in [3.8, 4) is 0 Å². The third-order valence-corrected chi connectivity index (χ3v) is 2.29. The van der Waals surface area contributed by atoms with Gasteiger partial charge in [-0.2, -0.15) is 4.40 Å². The monoisotopic (exact) mass is 226 g/mol. The second-order valence-electron chi connectivity index (χ2n) is 2.90. The molecular formula is C9H10N2O3S. The van der Waals surface area contributed by atoms with Gasteiger partial charge < -0.3 is 0 Å². The summed E-state index contributed by atoms with van der Waals surface area (Å²) in [5.41, 5.74) is 1.37. The van der Waals surface area contributed by atoms with Gasteiger partial charge in [0.25, 0.3) is 5.69 Å². The molecular weight excluding hydrogens is 216 g/mol. The zero-order valence-electron chi connectivity index (χ0n) is 8.34. The van der Waals surface area contributed by atoms with Crippen LogP contribution in [0.5, 0.6) is 0 Å². The Balaban J connectivity index is 2.99. The van der Waals surface area contributed by atoms with Crippen LogP contribution in [-0.2, 0) is 11.0 Å². The molecule has 80 valence electrons. The van der Waals surface area contributed by atoms with E-state index in [0.29, 0.717) is 5.71 Å². The van der Waals surface area contributed by atoms with Gasteiger partial charge in [-0.15, -0.1) is 0 Å². The molecule has 0 spiro atoms. The highest BCUT2D eigenvalue weighted by Crippen LogP contribution is 2.12. The van der Waals surface area contributed by atoms with E-state index in [2.05, 4.69) is 4.40 Å². The van der Waals surface area contributed by atoms with Gasteiger partial charge >= 0.3 is 0 Å². The van der Waals surface area contributed by atoms with E-state index in [1.54, 1.807) is 19.1 Å². The molecule has 0 heterocycles. The highest BCUT2D eigenvalue weighted by atomic mass is 32.2. The Labute approximate surface area is 89.6 Å². The van der Waals surface area contributed by atoms with Gasteiger partial charge in [0.2, 0.25) is 0 Å². The summed E-state index contributed by atoms with van der Waals surface area (Å²) in [7, 11) is -1.26. The zero-order valence-corrected chi connectivity index (χ0v) is 9.15. The first kappa shape index (κ1) is 11.5. The van der Waals surface area contributed by atoms with Crippen molar-refractivity contribution in [2.45, 2.75) is 6.92 Å². The van der Waals surface area contributed by atoms with Crippen molar-refractivity contribution in [3.63, 3.8) is 0 Å². The van der Waals surface area contributed by atoms with Crippen LogP contribution in [0.15, 0.2) is 28.7 Å². The molecule has 15 heavy (non-hydrogen) atoms. The Kier molecular flexibility index (Phi) is 3.68. The van der Waals surface area contributed by atoms with Crippen molar-refractivity contribution in [1.29, 1.82) is 0 Å². The Hall–Kier alpha value is -1.56. The summed E-state index contributed by atoms with van der Waals surface area (Å²) >= 11 is 0. The molecule has 0 saturated carbocycles. The number of rotatable bonds is 3. The second-order valence-corrected chi connectivity index (χ2v) is 3.93. The van der Waals surface area contributed by atoms with E-state index in [1.165, 1.54) is 18.4 Å². The number of nitro benzene ring substituents is 1. The topological polar surface area (TPSA) is 72.6 Å². The Bertz CT molecular complexity index is 425. The fourth-order valence-electron chi connectivity index (χ4n) is 1.07. The first-order valence-electron chi connectivity index (χ1n) is 4.14. The van der Waals surface area contributed by atoms with Crippen LogP contribution >= 0.6 is 0 Å². The van der Waals surface area contributed by atoms with Crippen LogP contribution in [0.4, 0.5) is 5.69 Å². The van der Waals surface area contributed by atoms with Gasteiger partial charge in [-0.25, -0.2) is 4.21 Å². The lowest BCUT2D eigenvalue weighted by Crippen LogP contribution is -1.97. The third-order valence-electron chi connectivity index (χ3n) is 1.76. The molecule has 0 aliphatic carbocycles. The molecule has 1 aromatic rings. The van der Waals surface area contributed by atoms with Crippen LogP contribution in [0.2, 0.25) is 0 Å². The highest BCUT2D eigenvalue weighted by Gasteiger charge is 2.05. The Morgan fingerprint density at radius 3 is 2.33 bits per heavy atom. The highest BCUT2D eigenvalue weighted by molar-refractivity contribution is 7.83. The van der Waals surface area contributed by atoms with E-state index in [9.17, 15) is 14.3 Å². The zero-order chi connectivity index (χ0) is 11.4. The summed E-state index contributed by atoms with van der Waals surface area (Å²) in [6, 6.07) is 5.97. The molecule has 0 N–H and O–H groups in total. The van der Waals surface area contributed by atoms with E-state index < -0.39 is 15.9 Å². The summed E-state index contributed by atoms with van der Waals surface area (Å²) in [5, 5.41) is 10.4. The lowest BCUT2D eigenvalue weighted by Gasteiger charge is -1.98. The standard InChI is InChI=1S/C9H10N2O3S/c1-7(10-15(2)14)8-3-5-9(6-4-8)11(12)13/h3-6H,1-2H3. The Morgan fingerprint density at radius 1 is 1.40 bits per heavy atom. The first-order chi connectivity index (χ1) is 7.00. The predicted octanol–water partition coefficient (Wildman–Crippen LogP) is 1.70. The van der Waals surface area contributed by atoms with Crippen molar-refractivity contribution >= 4 is 22.4 Å². The fourth-order valence-corrected chi connectivity index (χ4v) is 1.56. The largest absolute Gasteiger partial charge is 0.269 e. The molecule has 0 aliphatic heterocycles. The van der Waals surface area contributed by atoms with E-state index in [-0.39, 0.29) is 5.69 Å². The van der Waals surface area contributed by atoms with Crippen molar-refractivity contribution < 1.29 is 9.13 Å². The molecule has 0 amide bonds. The van der Waals surface area contributed by atoms with Crippen molar-refractivity contribution in [3.05, 3.63) is 39.9 Å². The van der Waals surface area contributed by atoms with Gasteiger partial charge in [-0.3, -0.25) is 10.1 Å². The Morgan fingerprint density at radius 2 is 1.93 bits per heavy atom. The molecule has 0 fully saturated rings. The summed E-state index contributed by atoms with van der Waals surface area (Å²) in [4.78, 5) is 9.92. The average Bonchev–Trinajstić information content (AvgIpc) is 2.17. The van der Waals surface area contributed by atoms with Crippen molar-refractivity contribution in [2.75, 3.05) is 6.26 Å². The maximum Gasteiger partial charge on any atom is 0.269 e. The molecule has 1 aromatic carbocycles. The summed E-state index contributed by atoms with van der Waals surface area (Å²) in [6.45, 7) is 1.71. The second kappa shape index (κ2) is 4.79. The van der Waals surface area contributed by atoms with Crippen molar-refractivity contribution in [1.82, 2.24) is 0 Å². The molecule has 5 nitrogen and oxygen atoms in total. The fraction of sp³-hybridized carbons (Fsp3) is 0.222. The molecule has 1 rings (SSSR count). The van der Waals surface area contributed by atoms with Crippen LogP contribution in [-0.4, -0.2) is 21.1 Å². The van der Waals surface area contributed by atoms with Gasteiger partial charge in [0, 0.05) is 18.4 Å². The summed E-state index contributed by atoms with van der Waals surface area (Å²) < 4.78 is 14.7. The van der Waals surface area contributed by atoms with E-state index in [4.69, 9.17) is 0 Å². The number of non-ortho nitro benzene ring substituents is 1. The van der Waals surface area contributed by atoms with E-state index in [1.807, 2.05) is 0 Å². The number of benzene rings is 1. The minimum absolute atomic E-state index is 0.0316. The quantitative estimate of drug-likeness (QED) is 0.447. The maximum atomic E-state index is 10.8. The van der Waals surface area contributed by atoms with Crippen LogP contribution in [0.1, 0.15) is 12.5 Å². The number of hydrogen-bond acceptors (Lipinski definition) is 3. The number of nitrogens with zero attached hydrogens (tertiary/aromatic N) is 2. The maximum absolute atomic E-state index is 10.8. The molecule has 0 aliphatic rings. The molecule has 0 radical (unpaired) electrons. The SMILES string of the molecule is CC(=NS(C)=O)c1ccc([N+](=O)[O-])cc1. The molecule has 1 unspecified atom stereocenters. The van der Waals surface area contributed by atoms with Crippen LogP contribution in [0.3, 0.4) is 0 Å². The van der Waals surface area contributed by atoms with Crippen molar-refractivity contribution in [2.24, 2.45) is 4.40 Å². The summed E-state index contributed by atoms with van der Waals surface area (Å²) in [5.74, 6) is 0. The molecule has 0 aromatic heterocycles. The number of hydrogen-bond donors (Lipinski definition) is 0. The predicted molar refractivity (Wildman–Crippen MR) is 59.4 cm³/mol. The van der Waals surface area contributed by atoms with Gasteiger partial charge in [-0.05, 0) is 24.6 Å². The van der Waals surface area contributed by atoms with E-state index in [0.717, 1.165) is 5.56 Å². The van der Waals surface area contributed by atoms with Crippen LogP contribution < -0.4 is 0 Å². The lowest BCUT2D eigenvalue weighted by molar-refractivity contribution is -0.384. The van der Waals surface area contributed by atoms with Gasteiger partial charge in [0.05, 0.1) is 10.6 Å². The van der Waals surface area contributed by atoms with Crippen LogP contribution in [0.25, 0.3) is 0 Å². The molecule has 1 atom stereocenters. The van der Waals surface area contributed by atoms with Gasteiger partial charge in [0.1, 0.15) is 11.0 Å². The average molecular weight is 226 g/mol. The first-order valence-corrected chi connectivity index (χ1v) is 5.66. The molecule has 0 bridgehead atoms. The third kappa shape index (κ3) is 3.25. The van der Waals surface area contributed by atoms with Gasteiger partial charge in [-0.1, -0.05) is 0 Å². The smallest absolute Gasteiger partial charge is 0.258 e. The van der Waals surface area contributed by atoms with Gasteiger partial charge in [0.15, 0.2) is 0 Å². The normalized spacial score (nSPS) is 13.6. The van der Waals surface area contributed by atoms with E-state index >= 15 is 0 Å².